The standard InChI is InChI=1S/C9H7F3O3/c10-9(11,12)6-4-2-1-3-5(6)7(13)8(14)15/h1-4,7,13H,(H,14,15)/t7-/m0/s1. The van der Waals surface area contributed by atoms with E-state index >= 15 is 0 Å². The van der Waals surface area contributed by atoms with Gasteiger partial charge in [0.15, 0.2) is 6.10 Å². The molecular formula is C9H7F3O3. The van der Waals surface area contributed by atoms with E-state index in [1.54, 1.807) is 0 Å². The van der Waals surface area contributed by atoms with E-state index in [0.29, 0.717) is 0 Å². The molecule has 0 aliphatic carbocycles. The summed E-state index contributed by atoms with van der Waals surface area (Å²) in [5.74, 6) is -1.72. The largest absolute Gasteiger partial charge is 0.479 e. The predicted octanol–water partition coefficient (Wildman–Crippen LogP) is 1.82. The molecule has 0 amide bonds. The number of aliphatic hydroxyl groups is 1. The molecule has 6 heteroatoms. The first-order chi connectivity index (χ1) is 6.84. The summed E-state index contributed by atoms with van der Waals surface area (Å²) in [6, 6.07) is 4.01. The van der Waals surface area contributed by atoms with Crippen LogP contribution in [0.1, 0.15) is 17.2 Å². The van der Waals surface area contributed by atoms with E-state index in [1.807, 2.05) is 0 Å². The first-order valence-electron chi connectivity index (χ1n) is 3.91. The minimum Gasteiger partial charge on any atom is -0.479 e. The van der Waals surface area contributed by atoms with Crippen molar-refractivity contribution < 1.29 is 28.2 Å². The van der Waals surface area contributed by atoms with Gasteiger partial charge in [-0.2, -0.15) is 13.2 Å². The first-order valence-corrected chi connectivity index (χ1v) is 3.91. The number of aliphatic hydroxyl groups excluding tert-OH is 1. The third-order valence-corrected chi connectivity index (χ3v) is 1.79. The third kappa shape index (κ3) is 2.47. The van der Waals surface area contributed by atoms with Crippen LogP contribution in [0.15, 0.2) is 24.3 Å². The van der Waals surface area contributed by atoms with Gasteiger partial charge in [0, 0.05) is 5.56 Å². The zero-order valence-corrected chi connectivity index (χ0v) is 7.32. The lowest BCUT2D eigenvalue weighted by Gasteiger charge is -2.14. The van der Waals surface area contributed by atoms with Crippen molar-refractivity contribution in [1.29, 1.82) is 0 Å². The van der Waals surface area contributed by atoms with Gasteiger partial charge in [0.2, 0.25) is 0 Å². The molecule has 1 rings (SSSR count). The number of hydrogen-bond donors (Lipinski definition) is 2. The third-order valence-electron chi connectivity index (χ3n) is 1.79. The van der Waals surface area contributed by atoms with E-state index < -0.39 is 29.4 Å². The number of carboxylic acids is 1. The monoisotopic (exact) mass is 220 g/mol. The summed E-state index contributed by atoms with van der Waals surface area (Å²) in [5.41, 5.74) is -1.79. The Labute approximate surface area is 82.8 Å². The first kappa shape index (κ1) is 11.5. The van der Waals surface area contributed by atoms with Gasteiger partial charge in [-0.25, -0.2) is 4.79 Å². The van der Waals surface area contributed by atoms with Crippen molar-refractivity contribution in [2.24, 2.45) is 0 Å². The number of benzene rings is 1. The van der Waals surface area contributed by atoms with Crippen molar-refractivity contribution in [3.8, 4) is 0 Å². The molecule has 0 unspecified atom stereocenters. The van der Waals surface area contributed by atoms with Crippen molar-refractivity contribution in [1.82, 2.24) is 0 Å². The average molecular weight is 220 g/mol. The fourth-order valence-electron chi connectivity index (χ4n) is 1.13. The second kappa shape index (κ2) is 3.90. The second-order valence-electron chi connectivity index (χ2n) is 2.83. The molecule has 0 saturated heterocycles. The van der Waals surface area contributed by atoms with E-state index in [4.69, 9.17) is 10.2 Å². The highest BCUT2D eigenvalue weighted by atomic mass is 19.4. The van der Waals surface area contributed by atoms with Crippen molar-refractivity contribution >= 4 is 5.97 Å². The van der Waals surface area contributed by atoms with Gasteiger partial charge in [0.1, 0.15) is 0 Å². The maximum Gasteiger partial charge on any atom is 0.416 e. The van der Waals surface area contributed by atoms with Crippen molar-refractivity contribution in [3.05, 3.63) is 35.4 Å². The fourth-order valence-corrected chi connectivity index (χ4v) is 1.13. The number of carboxylic acid groups (broad SMARTS) is 1. The van der Waals surface area contributed by atoms with E-state index in [0.717, 1.165) is 18.2 Å². The van der Waals surface area contributed by atoms with Crippen LogP contribution in [0, 0.1) is 0 Å². The topological polar surface area (TPSA) is 57.5 Å². The number of carbonyl (C=O) groups is 1. The van der Waals surface area contributed by atoms with Gasteiger partial charge in [0.05, 0.1) is 5.56 Å². The Bertz CT molecular complexity index is 373. The SMILES string of the molecule is O=C(O)[C@@H](O)c1ccccc1C(F)(F)F. The van der Waals surface area contributed by atoms with Gasteiger partial charge < -0.3 is 10.2 Å². The molecule has 0 saturated carbocycles. The molecule has 1 atom stereocenters. The quantitative estimate of drug-likeness (QED) is 0.799. The van der Waals surface area contributed by atoms with Crippen LogP contribution in [0.5, 0.6) is 0 Å². The van der Waals surface area contributed by atoms with Crippen LogP contribution >= 0.6 is 0 Å². The Hall–Kier alpha value is -1.56. The molecule has 0 heterocycles. The fraction of sp³-hybridized carbons (Fsp3) is 0.222. The Balaban J connectivity index is 3.24. The van der Waals surface area contributed by atoms with Gasteiger partial charge in [-0.1, -0.05) is 18.2 Å². The van der Waals surface area contributed by atoms with Gasteiger partial charge in [-0.3, -0.25) is 0 Å². The molecule has 0 radical (unpaired) electrons. The van der Waals surface area contributed by atoms with E-state index in [2.05, 4.69) is 0 Å². The maximum atomic E-state index is 12.4. The molecule has 15 heavy (non-hydrogen) atoms. The molecule has 2 N–H and O–H groups in total. The summed E-state index contributed by atoms with van der Waals surface area (Å²) in [4.78, 5) is 10.4. The van der Waals surface area contributed by atoms with Crippen LogP contribution in [0.4, 0.5) is 13.2 Å². The second-order valence-corrected chi connectivity index (χ2v) is 2.83. The molecule has 1 aromatic rings. The van der Waals surface area contributed by atoms with Gasteiger partial charge in [-0.05, 0) is 6.07 Å². The van der Waals surface area contributed by atoms with Gasteiger partial charge >= 0.3 is 12.1 Å². The summed E-state index contributed by atoms with van der Waals surface area (Å²) in [5, 5.41) is 17.5. The number of alkyl halides is 3. The zero-order chi connectivity index (χ0) is 11.6. The summed E-state index contributed by atoms with van der Waals surface area (Å²) in [7, 11) is 0. The van der Waals surface area contributed by atoms with Crippen LogP contribution < -0.4 is 0 Å². The molecule has 0 bridgehead atoms. The van der Waals surface area contributed by atoms with Crippen LogP contribution in [0.2, 0.25) is 0 Å². The summed E-state index contributed by atoms with van der Waals surface area (Å²) >= 11 is 0. The van der Waals surface area contributed by atoms with E-state index in [-0.39, 0.29) is 0 Å². The summed E-state index contributed by atoms with van der Waals surface area (Å²) < 4.78 is 37.1. The van der Waals surface area contributed by atoms with Crippen molar-refractivity contribution in [3.63, 3.8) is 0 Å². The number of hydrogen-bond acceptors (Lipinski definition) is 2. The molecule has 0 aliphatic heterocycles. The molecule has 0 fully saturated rings. The van der Waals surface area contributed by atoms with Crippen molar-refractivity contribution in [2.45, 2.75) is 12.3 Å². The summed E-state index contributed by atoms with van der Waals surface area (Å²) in [6.07, 6.45) is -6.84. The number of aliphatic carboxylic acids is 1. The lowest BCUT2D eigenvalue weighted by molar-refractivity contribution is -0.149. The molecule has 82 valence electrons. The number of rotatable bonds is 2. The molecule has 0 aliphatic rings. The lowest BCUT2D eigenvalue weighted by Crippen LogP contribution is -2.17. The Kier molecular flexibility index (Phi) is 2.99. The maximum absolute atomic E-state index is 12.4. The molecule has 0 aromatic heterocycles. The predicted molar refractivity (Wildman–Crippen MR) is 44.0 cm³/mol. The van der Waals surface area contributed by atoms with Crippen LogP contribution in [-0.2, 0) is 11.0 Å². The van der Waals surface area contributed by atoms with Crippen molar-refractivity contribution in [2.75, 3.05) is 0 Å². The van der Waals surface area contributed by atoms with Gasteiger partial charge in [-0.15, -0.1) is 0 Å². The highest BCUT2D eigenvalue weighted by Crippen LogP contribution is 2.34. The highest BCUT2D eigenvalue weighted by molar-refractivity contribution is 5.74. The highest BCUT2D eigenvalue weighted by Gasteiger charge is 2.36. The molecule has 1 aromatic carbocycles. The normalized spacial score (nSPS) is 13.6. The molecule has 0 spiro atoms. The minimum atomic E-state index is -4.67. The Morgan fingerprint density at radius 2 is 1.80 bits per heavy atom. The Morgan fingerprint density at radius 1 is 1.27 bits per heavy atom. The van der Waals surface area contributed by atoms with Gasteiger partial charge in [0.25, 0.3) is 0 Å². The number of halogens is 3. The zero-order valence-electron chi connectivity index (χ0n) is 7.32. The molecular weight excluding hydrogens is 213 g/mol. The van der Waals surface area contributed by atoms with Crippen LogP contribution in [0.3, 0.4) is 0 Å². The van der Waals surface area contributed by atoms with E-state index in [9.17, 15) is 18.0 Å². The lowest BCUT2D eigenvalue weighted by atomic mass is 10.0. The van der Waals surface area contributed by atoms with E-state index in [1.165, 1.54) is 6.07 Å². The minimum absolute atomic E-state index is 0.655. The smallest absolute Gasteiger partial charge is 0.416 e. The van der Waals surface area contributed by atoms with Crippen LogP contribution in [-0.4, -0.2) is 16.2 Å². The average Bonchev–Trinajstić information content (AvgIpc) is 2.15. The Morgan fingerprint density at radius 3 is 2.27 bits per heavy atom. The summed E-state index contributed by atoms with van der Waals surface area (Å²) in [6.45, 7) is 0. The van der Waals surface area contributed by atoms with Crippen LogP contribution in [0.25, 0.3) is 0 Å². The molecule has 3 nitrogen and oxygen atoms in total.